The molecule has 60 valence electrons. The molecule has 0 amide bonds. The van der Waals surface area contributed by atoms with E-state index in [1.165, 1.54) is 0 Å². The molecule has 0 aliphatic carbocycles. The van der Waals surface area contributed by atoms with Crippen molar-refractivity contribution in [3.8, 4) is 0 Å². The summed E-state index contributed by atoms with van der Waals surface area (Å²) in [6.45, 7) is 1.60. The molecule has 0 aliphatic heterocycles. The fraction of sp³-hybridized carbons (Fsp3) is 1.00. The van der Waals surface area contributed by atoms with Gasteiger partial charge in [-0.2, -0.15) is 16.7 Å². The zero-order chi connectivity index (χ0) is 8.20. The molecule has 0 saturated heterocycles. The van der Waals surface area contributed by atoms with Crippen LogP contribution >= 0.6 is 19.8 Å². The Balaban J connectivity index is 3.75. The SMILES string of the molecule is CSCCC(C)(N)[P+](=O)O. The zero-order valence-electron chi connectivity index (χ0n) is 6.20. The van der Waals surface area contributed by atoms with Crippen LogP contribution in [0, 0.1) is 0 Å². The maximum absolute atomic E-state index is 10.5. The van der Waals surface area contributed by atoms with Gasteiger partial charge in [-0.05, 0) is 16.6 Å². The predicted octanol–water partition coefficient (Wildman–Crippen LogP) is 1.15. The van der Waals surface area contributed by atoms with Gasteiger partial charge in [-0.3, -0.25) is 5.73 Å². The van der Waals surface area contributed by atoms with E-state index in [1.54, 1.807) is 18.7 Å². The zero-order valence-corrected chi connectivity index (χ0v) is 7.91. The Morgan fingerprint density at radius 3 is 2.60 bits per heavy atom. The molecule has 0 aliphatic rings. The van der Waals surface area contributed by atoms with Crippen LogP contribution in [-0.2, 0) is 4.57 Å². The molecule has 0 heterocycles. The van der Waals surface area contributed by atoms with Gasteiger partial charge in [-0.15, -0.1) is 0 Å². The summed E-state index contributed by atoms with van der Waals surface area (Å²) in [4.78, 5) is 8.68. The van der Waals surface area contributed by atoms with Crippen LogP contribution in [0.4, 0.5) is 0 Å². The van der Waals surface area contributed by atoms with Crippen molar-refractivity contribution in [2.75, 3.05) is 12.0 Å². The van der Waals surface area contributed by atoms with Crippen molar-refractivity contribution in [2.24, 2.45) is 5.73 Å². The number of hydrogen-bond acceptors (Lipinski definition) is 3. The largest absolute Gasteiger partial charge is 0.527 e. The summed E-state index contributed by atoms with van der Waals surface area (Å²) in [5, 5.41) is -0.904. The van der Waals surface area contributed by atoms with Crippen LogP contribution in [-0.4, -0.2) is 22.2 Å². The minimum atomic E-state index is -2.24. The minimum Gasteiger partial charge on any atom is -0.283 e. The van der Waals surface area contributed by atoms with Gasteiger partial charge in [0.2, 0.25) is 5.28 Å². The molecule has 5 heteroatoms. The van der Waals surface area contributed by atoms with Gasteiger partial charge in [0, 0.05) is 13.3 Å². The van der Waals surface area contributed by atoms with E-state index >= 15 is 0 Å². The number of hydrogen-bond donors (Lipinski definition) is 2. The number of thioether (sulfide) groups is 1. The van der Waals surface area contributed by atoms with Gasteiger partial charge in [0.05, 0.1) is 0 Å². The molecule has 0 saturated carbocycles. The van der Waals surface area contributed by atoms with E-state index in [0.29, 0.717) is 6.42 Å². The van der Waals surface area contributed by atoms with Crippen LogP contribution in [0.3, 0.4) is 0 Å². The Bertz CT molecular complexity index is 129. The third-order valence-corrected chi connectivity index (χ3v) is 2.96. The molecule has 3 N–H and O–H groups in total. The molecule has 0 aromatic rings. The van der Waals surface area contributed by atoms with Crippen molar-refractivity contribution in [3.63, 3.8) is 0 Å². The highest BCUT2D eigenvalue weighted by Crippen LogP contribution is 2.33. The quantitative estimate of drug-likeness (QED) is 0.640. The Labute approximate surface area is 66.2 Å². The van der Waals surface area contributed by atoms with Crippen LogP contribution in [0.1, 0.15) is 13.3 Å². The van der Waals surface area contributed by atoms with Gasteiger partial charge in [0.15, 0.2) is 0 Å². The topological polar surface area (TPSA) is 63.3 Å². The van der Waals surface area contributed by atoms with Crippen LogP contribution < -0.4 is 5.73 Å². The van der Waals surface area contributed by atoms with Crippen molar-refractivity contribution in [2.45, 2.75) is 18.6 Å². The van der Waals surface area contributed by atoms with Crippen LogP contribution in [0.2, 0.25) is 0 Å². The van der Waals surface area contributed by atoms with Crippen molar-refractivity contribution >= 4 is 19.8 Å². The summed E-state index contributed by atoms with van der Waals surface area (Å²) >= 11 is 1.63. The molecular formula is C5H13NO2PS+. The Kier molecular flexibility index (Phi) is 4.45. The first kappa shape index (κ1) is 10.4. The molecule has 10 heavy (non-hydrogen) atoms. The highest BCUT2D eigenvalue weighted by atomic mass is 32.2. The first-order valence-electron chi connectivity index (χ1n) is 2.95. The van der Waals surface area contributed by atoms with Crippen LogP contribution in [0.15, 0.2) is 0 Å². The smallest absolute Gasteiger partial charge is 0.283 e. The maximum atomic E-state index is 10.5. The minimum absolute atomic E-state index is 0.583. The summed E-state index contributed by atoms with van der Waals surface area (Å²) < 4.78 is 10.5. The van der Waals surface area contributed by atoms with Gasteiger partial charge in [-0.25, -0.2) is 0 Å². The van der Waals surface area contributed by atoms with Crippen LogP contribution in [0.5, 0.6) is 0 Å². The fourth-order valence-corrected chi connectivity index (χ4v) is 1.49. The molecule has 0 spiro atoms. The Morgan fingerprint density at radius 2 is 2.30 bits per heavy atom. The molecule has 0 aromatic heterocycles. The molecule has 0 radical (unpaired) electrons. The maximum Gasteiger partial charge on any atom is 0.527 e. The number of nitrogens with two attached hydrogens (primary N) is 1. The van der Waals surface area contributed by atoms with Gasteiger partial charge in [-0.1, -0.05) is 0 Å². The lowest BCUT2D eigenvalue weighted by atomic mass is 10.3. The van der Waals surface area contributed by atoms with Gasteiger partial charge in [0.1, 0.15) is 0 Å². The first-order valence-corrected chi connectivity index (χ1v) is 5.55. The monoisotopic (exact) mass is 182 g/mol. The first-order chi connectivity index (χ1) is 4.50. The molecule has 0 rings (SSSR count). The summed E-state index contributed by atoms with van der Waals surface area (Å²) in [5.41, 5.74) is 5.50. The molecule has 0 aromatic carbocycles. The van der Waals surface area contributed by atoms with E-state index in [-0.39, 0.29) is 0 Å². The fourth-order valence-electron chi connectivity index (χ4n) is 0.404. The Morgan fingerprint density at radius 1 is 1.80 bits per heavy atom. The standard InChI is InChI=1S/C5H12NO2PS/c1-5(6,9(7)8)3-4-10-2/h3-4,6H2,1-2H3/p+1. The normalized spacial score (nSPS) is 18.2. The summed E-state index contributed by atoms with van der Waals surface area (Å²) in [6, 6.07) is 0. The third kappa shape index (κ3) is 3.52. The molecule has 3 nitrogen and oxygen atoms in total. The Hall–Kier alpha value is 0.370. The van der Waals surface area contributed by atoms with Crippen molar-refractivity contribution in [1.82, 2.24) is 0 Å². The summed E-state index contributed by atoms with van der Waals surface area (Å²) in [6.07, 6.45) is 2.53. The van der Waals surface area contributed by atoms with E-state index in [0.717, 1.165) is 5.75 Å². The molecular weight excluding hydrogens is 169 g/mol. The molecule has 2 unspecified atom stereocenters. The van der Waals surface area contributed by atoms with E-state index in [1.807, 2.05) is 6.26 Å². The molecule has 0 bridgehead atoms. The lowest BCUT2D eigenvalue weighted by molar-refractivity contribution is 0.453. The summed E-state index contributed by atoms with van der Waals surface area (Å²) in [7, 11) is -2.24. The van der Waals surface area contributed by atoms with Crippen molar-refractivity contribution in [3.05, 3.63) is 0 Å². The van der Waals surface area contributed by atoms with E-state index in [2.05, 4.69) is 0 Å². The molecule has 2 atom stereocenters. The van der Waals surface area contributed by atoms with Crippen LogP contribution in [0.25, 0.3) is 0 Å². The van der Waals surface area contributed by atoms with Crippen molar-refractivity contribution < 1.29 is 9.46 Å². The highest BCUT2D eigenvalue weighted by Gasteiger charge is 2.39. The van der Waals surface area contributed by atoms with Gasteiger partial charge >= 0.3 is 8.03 Å². The predicted molar refractivity (Wildman–Crippen MR) is 45.4 cm³/mol. The summed E-state index contributed by atoms with van der Waals surface area (Å²) in [5.74, 6) is 0.828. The van der Waals surface area contributed by atoms with Gasteiger partial charge in [0.25, 0.3) is 0 Å². The van der Waals surface area contributed by atoms with E-state index in [4.69, 9.17) is 10.6 Å². The van der Waals surface area contributed by atoms with E-state index < -0.39 is 13.3 Å². The lowest BCUT2D eigenvalue weighted by Gasteiger charge is -2.07. The second kappa shape index (κ2) is 4.29. The van der Waals surface area contributed by atoms with Crippen molar-refractivity contribution in [1.29, 1.82) is 0 Å². The lowest BCUT2D eigenvalue weighted by Crippen LogP contribution is -2.32. The van der Waals surface area contributed by atoms with Gasteiger partial charge < -0.3 is 0 Å². The average molecular weight is 182 g/mol. The third-order valence-electron chi connectivity index (χ3n) is 1.25. The second-order valence-corrected chi connectivity index (χ2v) is 4.93. The average Bonchev–Trinajstić information content (AvgIpc) is 1.84. The highest BCUT2D eigenvalue weighted by molar-refractivity contribution is 7.98. The molecule has 0 fully saturated rings. The second-order valence-electron chi connectivity index (χ2n) is 2.37. The number of rotatable bonds is 4. The van der Waals surface area contributed by atoms with E-state index in [9.17, 15) is 4.57 Å².